The lowest BCUT2D eigenvalue weighted by Crippen LogP contribution is -2.37. The SMILES string of the molecule is CC=CCP(=O)(O)OCC[N+](C)(C)C. The molecule has 0 aromatic rings. The summed E-state index contributed by atoms with van der Waals surface area (Å²) in [6, 6.07) is 0. The molecule has 0 saturated carbocycles. The van der Waals surface area contributed by atoms with Crippen molar-refractivity contribution in [1.82, 2.24) is 0 Å². The van der Waals surface area contributed by atoms with Crippen molar-refractivity contribution in [3.63, 3.8) is 0 Å². The van der Waals surface area contributed by atoms with Gasteiger partial charge in [-0.15, -0.1) is 0 Å². The molecule has 14 heavy (non-hydrogen) atoms. The average Bonchev–Trinajstić information content (AvgIpc) is 1.98. The van der Waals surface area contributed by atoms with Gasteiger partial charge in [-0.05, 0) is 6.92 Å². The van der Waals surface area contributed by atoms with Crippen LogP contribution in [0.15, 0.2) is 12.2 Å². The van der Waals surface area contributed by atoms with Crippen LogP contribution in [-0.2, 0) is 9.09 Å². The standard InChI is InChI=1S/C9H20NO3P/c1-5-6-9-14(11,12)13-8-7-10(2,3)4/h5-6H,7-9H2,1-4H3/p+1. The Balaban J connectivity index is 3.83. The van der Waals surface area contributed by atoms with E-state index >= 15 is 0 Å². The zero-order chi connectivity index (χ0) is 11.2. The monoisotopic (exact) mass is 222 g/mol. The molecule has 0 radical (unpaired) electrons. The van der Waals surface area contributed by atoms with Crippen LogP contribution >= 0.6 is 7.60 Å². The third kappa shape index (κ3) is 8.45. The predicted octanol–water partition coefficient (Wildman–Crippen LogP) is 1.47. The zero-order valence-electron chi connectivity index (χ0n) is 9.43. The summed E-state index contributed by atoms with van der Waals surface area (Å²) in [5.41, 5.74) is 0. The summed E-state index contributed by atoms with van der Waals surface area (Å²) >= 11 is 0. The molecule has 0 spiro atoms. The highest BCUT2D eigenvalue weighted by molar-refractivity contribution is 7.53. The molecular weight excluding hydrogens is 201 g/mol. The Morgan fingerprint density at radius 1 is 1.43 bits per heavy atom. The van der Waals surface area contributed by atoms with Gasteiger partial charge in [0.15, 0.2) is 0 Å². The van der Waals surface area contributed by atoms with Crippen LogP contribution in [0.3, 0.4) is 0 Å². The first-order chi connectivity index (χ1) is 6.27. The summed E-state index contributed by atoms with van der Waals surface area (Å²) < 4.78 is 17.0. The maximum Gasteiger partial charge on any atom is 0.332 e. The van der Waals surface area contributed by atoms with Crippen molar-refractivity contribution < 1.29 is 18.5 Å². The van der Waals surface area contributed by atoms with Crippen molar-refractivity contribution in [2.45, 2.75) is 6.92 Å². The summed E-state index contributed by atoms with van der Waals surface area (Å²) in [4.78, 5) is 9.32. The van der Waals surface area contributed by atoms with E-state index in [1.54, 1.807) is 12.2 Å². The molecule has 1 N–H and O–H groups in total. The average molecular weight is 222 g/mol. The van der Waals surface area contributed by atoms with Crippen LogP contribution in [0.25, 0.3) is 0 Å². The van der Waals surface area contributed by atoms with Crippen molar-refractivity contribution in [3.8, 4) is 0 Å². The number of likely N-dealkylation sites (N-methyl/N-ethyl adjacent to an activating group) is 1. The summed E-state index contributed by atoms with van der Waals surface area (Å²) in [6.45, 7) is 2.85. The molecule has 0 aromatic heterocycles. The molecule has 0 saturated heterocycles. The molecule has 0 fully saturated rings. The van der Waals surface area contributed by atoms with E-state index in [4.69, 9.17) is 4.52 Å². The second kappa shape index (κ2) is 5.66. The number of nitrogens with zero attached hydrogens (tertiary/aromatic N) is 1. The number of hydrogen-bond donors (Lipinski definition) is 1. The third-order valence-electron chi connectivity index (χ3n) is 1.63. The lowest BCUT2D eigenvalue weighted by atomic mass is 10.5. The minimum absolute atomic E-state index is 0.0979. The van der Waals surface area contributed by atoms with Crippen molar-refractivity contribution in [1.29, 1.82) is 0 Å². The topological polar surface area (TPSA) is 46.5 Å². The third-order valence-corrected chi connectivity index (χ3v) is 2.89. The minimum Gasteiger partial charge on any atom is -0.329 e. The van der Waals surface area contributed by atoms with Crippen molar-refractivity contribution >= 4 is 7.60 Å². The Morgan fingerprint density at radius 2 is 2.00 bits per heavy atom. The van der Waals surface area contributed by atoms with Gasteiger partial charge >= 0.3 is 7.60 Å². The Kier molecular flexibility index (Phi) is 5.60. The molecule has 0 heterocycles. The molecule has 1 unspecified atom stereocenters. The van der Waals surface area contributed by atoms with Gasteiger partial charge in [0.2, 0.25) is 0 Å². The molecule has 0 aliphatic carbocycles. The minimum atomic E-state index is -3.39. The van der Waals surface area contributed by atoms with Crippen molar-refractivity contribution in [2.75, 3.05) is 40.5 Å². The van der Waals surface area contributed by atoms with E-state index in [0.29, 0.717) is 6.61 Å². The highest BCUT2D eigenvalue weighted by Gasteiger charge is 2.18. The molecule has 0 aliphatic rings. The van der Waals surface area contributed by atoms with Gasteiger partial charge in [-0.1, -0.05) is 12.2 Å². The molecule has 5 heteroatoms. The highest BCUT2D eigenvalue weighted by atomic mass is 31.2. The molecule has 0 amide bonds. The van der Waals surface area contributed by atoms with Crippen LogP contribution in [0, 0.1) is 0 Å². The molecule has 1 atom stereocenters. The summed E-state index contributed by atoms with van der Waals surface area (Å²) in [5.74, 6) is 0. The van der Waals surface area contributed by atoms with E-state index in [2.05, 4.69) is 0 Å². The van der Waals surface area contributed by atoms with Gasteiger partial charge in [0.25, 0.3) is 0 Å². The van der Waals surface area contributed by atoms with Crippen molar-refractivity contribution in [3.05, 3.63) is 12.2 Å². The normalized spacial score (nSPS) is 17.2. The van der Waals surface area contributed by atoms with E-state index in [1.807, 2.05) is 28.1 Å². The number of rotatable bonds is 6. The van der Waals surface area contributed by atoms with E-state index in [0.717, 1.165) is 11.0 Å². The van der Waals surface area contributed by atoms with Crippen LogP contribution in [0.4, 0.5) is 0 Å². The first kappa shape index (κ1) is 13.8. The predicted molar refractivity (Wildman–Crippen MR) is 58.4 cm³/mol. The molecule has 0 bridgehead atoms. The lowest BCUT2D eigenvalue weighted by Gasteiger charge is -2.24. The molecular formula is C9H21NO3P+. The molecule has 0 aliphatic heterocycles. The Labute approximate surface area is 86.3 Å². The van der Waals surface area contributed by atoms with Crippen LogP contribution in [0.2, 0.25) is 0 Å². The number of quaternary nitrogens is 1. The Morgan fingerprint density at radius 3 is 2.43 bits per heavy atom. The van der Waals surface area contributed by atoms with Gasteiger partial charge in [-0.3, -0.25) is 4.57 Å². The van der Waals surface area contributed by atoms with Gasteiger partial charge in [0.05, 0.1) is 27.3 Å². The van der Waals surface area contributed by atoms with Gasteiger partial charge in [0, 0.05) is 0 Å². The van der Waals surface area contributed by atoms with Crippen LogP contribution in [0.5, 0.6) is 0 Å². The zero-order valence-corrected chi connectivity index (χ0v) is 10.3. The molecule has 0 aromatic carbocycles. The fourth-order valence-electron chi connectivity index (χ4n) is 0.749. The van der Waals surface area contributed by atoms with Gasteiger partial charge < -0.3 is 13.9 Å². The summed E-state index contributed by atoms with van der Waals surface area (Å²) in [7, 11) is 2.64. The maximum absolute atomic E-state index is 11.3. The molecule has 84 valence electrons. The summed E-state index contributed by atoms with van der Waals surface area (Å²) in [6.07, 6.45) is 3.49. The van der Waals surface area contributed by atoms with Gasteiger partial charge in [-0.25, -0.2) is 0 Å². The fourth-order valence-corrected chi connectivity index (χ4v) is 1.70. The quantitative estimate of drug-likeness (QED) is 0.420. The Bertz CT molecular complexity index is 233. The number of hydrogen-bond acceptors (Lipinski definition) is 2. The van der Waals surface area contributed by atoms with Gasteiger partial charge in [0.1, 0.15) is 13.2 Å². The van der Waals surface area contributed by atoms with Gasteiger partial charge in [-0.2, -0.15) is 0 Å². The maximum atomic E-state index is 11.3. The van der Waals surface area contributed by atoms with Crippen molar-refractivity contribution in [2.24, 2.45) is 0 Å². The van der Waals surface area contributed by atoms with E-state index in [1.165, 1.54) is 0 Å². The first-order valence-electron chi connectivity index (χ1n) is 4.65. The Hall–Kier alpha value is -0.150. The fraction of sp³-hybridized carbons (Fsp3) is 0.778. The van der Waals surface area contributed by atoms with Crippen LogP contribution in [0.1, 0.15) is 6.92 Å². The van der Waals surface area contributed by atoms with E-state index in [-0.39, 0.29) is 6.16 Å². The number of allylic oxidation sites excluding steroid dienone is 2. The van der Waals surface area contributed by atoms with Crippen LogP contribution in [-0.4, -0.2) is 49.8 Å². The van der Waals surface area contributed by atoms with E-state index in [9.17, 15) is 9.46 Å². The largest absolute Gasteiger partial charge is 0.332 e. The molecule has 4 nitrogen and oxygen atoms in total. The van der Waals surface area contributed by atoms with Crippen LogP contribution < -0.4 is 0 Å². The highest BCUT2D eigenvalue weighted by Crippen LogP contribution is 2.41. The smallest absolute Gasteiger partial charge is 0.329 e. The lowest BCUT2D eigenvalue weighted by molar-refractivity contribution is -0.870. The molecule has 0 rings (SSSR count). The van der Waals surface area contributed by atoms with E-state index < -0.39 is 7.60 Å². The first-order valence-corrected chi connectivity index (χ1v) is 6.41. The second-order valence-electron chi connectivity index (χ2n) is 4.24. The second-order valence-corrected chi connectivity index (χ2v) is 6.13. The summed E-state index contributed by atoms with van der Waals surface area (Å²) in [5, 5.41) is 0.